The summed E-state index contributed by atoms with van der Waals surface area (Å²) < 4.78 is 22.2. The molecule has 0 radical (unpaired) electrons. The number of ether oxygens (including phenoxy) is 1. The van der Waals surface area contributed by atoms with Crippen LogP contribution in [0.3, 0.4) is 0 Å². The summed E-state index contributed by atoms with van der Waals surface area (Å²) >= 11 is 5.07. The van der Waals surface area contributed by atoms with Gasteiger partial charge in [0.1, 0.15) is 23.4 Å². The number of hydrogen-bond donors (Lipinski definition) is 4. The standard InChI is InChI=1S/C13H14FN5O3S/c1-2-3-13(14)8(21)6(4-20)22-11(13)19-5-16-7-9(19)17-12(15)18-10(7)23/h5-6,8,11,20-21H,4H2,1H3,(H3,15,17,18,23)/t6-,8?,11-,13-/m1/s1. The van der Waals surface area contributed by atoms with Gasteiger partial charge in [0.25, 0.3) is 0 Å². The SMILES string of the molecule is CC#C[C@@]1(F)C(O)[C@@H](CO)O[C@H]1n1cnc2c(=S)nc(N)[nH]c21. The first kappa shape index (κ1) is 15.8. The lowest BCUT2D eigenvalue weighted by Gasteiger charge is -2.24. The summed E-state index contributed by atoms with van der Waals surface area (Å²) in [6.45, 7) is 0.889. The second kappa shape index (κ2) is 5.54. The maximum atomic E-state index is 15.3. The summed E-state index contributed by atoms with van der Waals surface area (Å²) in [6.07, 6.45) is -2.78. The van der Waals surface area contributed by atoms with Gasteiger partial charge in [0.2, 0.25) is 5.67 Å². The summed E-state index contributed by atoms with van der Waals surface area (Å²) in [6, 6.07) is 0. The van der Waals surface area contributed by atoms with Crippen molar-refractivity contribution in [2.24, 2.45) is 0 Å². The van der Waals surface area contributed by atoms with Crippen molar-refractivity contribution >= 4 is 29.3 Å². The number of alkyl halides is 1. The molecule has 5 N–H and O–H groups in total. The smallest absolute Gasteiger partial charge is 0.243 e. The van der Waals surface area contributed by atoms with E-state index in [1.807, 2.05) is 0 Å². The third kappa shape index (κ3) is 2.29. The predicted molar refractivity (Wildman–Crippen MR) is 81.4 cm³/mol. The highest BCUT2D eigenvalue weighted by atomic mass is 32.1. The topological polar surface area (TPSA) is 122 Å². The summed E-state index contributed by atoms with van der Waals surface area (Å²) in [5.41, 5.74) is 3.81. The van der Waals surface area contributed by atoms with Gasteiger partial charge in [-0.25, -0.2) is 14.4 Å². The van der Waals surface area contributed by atoms with Crippen LogP contribution in [0, 0.1) is 16.5 Å². The highest BCUT2D eigenvalue weighted by molar-refractivity contribution is 7.71. The zero-order chi connectivity index (χ0) is 16.8. The number of aromatic amines is 1. The second-order valence-electron chi connectivity index (χ2n) is 5.07. The molecular formula is C13H14FN5O3S. The Kier molecular flexibility index (Phi) is 3.81. The molecule has 3 rings (SSSR count). The number of nitrogen functional groups attached to an aromatic ring is 1. The van der Waals surface area contributed by atoms with E-state index in [1.165, 1.54) is 17.8 Å². The fraction of sp³-hybridized carbons (Fsp3) is 0.462. The van der Waals surface area contributed by atoms with Crippen LogP contribution in [-0.2, 0) is 4.74 Å². The Morgan fingerprint density at radius 3 is 3.04 bits per heavy atom. The molecule has 2 aromatic rings. The molecule has 1 unspecified atom stereocenters. The van der Waals surface area contributed by atoms with E-state index in [4.69, 9.17) is 22.7 Å². The summed E-state index contributed by atoms with van der Waals surface area (Å²) in [4.78, 5) is 10.7. The van der Waals surface area contributed by atoms with Crippen LogP contribution in [-0.4, -0.2) is 54.2 Å². The van der Waals surface area contributed by atoms with Gasteiger partial charge < -0.3 is 25.7 Å². The van der Waals surface area contributed by atoms with E-state index >= 15 is 4.39 Å². The van der Waals surface area contributed by atoms with Crippen LogP contribution < -0.4 is 5.73 Å². The highest BCUT2D eigenvalue weighted by Gasteiger charge is 2.57. The number of aromatic nitrogens is 4. The van der Waals surface area contributed by atoms with Crippen molar-refractivity contribution in [1.29, 1.82) is 0 Å². The van der Waals surface area contributed by atoms with E-state index in [0.29, 0.717) is 11.2 Å². The van der Waals surface area contributed by atoms with E-state index in [2.05, 4.69) is 26.8 Å². The van der Waals surface area contributed by atoms with Crippen molar-refractivity contribution in [2.45, 2.75) is 31.0 Å². The molecule has 3 heterocycles. The van der Waals surface area contributed by atoms with Gasteiger partial charge in [-0.1, -0.05) is 18.1 Å². The molecule has 0 bridgehead atoms. The minimum Gasteiger partial charge on any atom is -0.394 e. The lowest BCUT2D eigenvalue weighted by atomic mass is 9.96. The molecule has 0 saturated carbocycles. The first-order valence-electron chi connectivity index (χ1n) is 6.72. The number of rotatable bonds is 2. The average Bonchev–Trinajstić information content (AvgIpc) is 3.01. The van der Waals surface area contributed by atoms with Crippen molar-refractivity contribution in [3.8, 4) is 11.8 Å². The number of hydrogen-bond acceptors (Lipinski definition) is 7. The summed E-state index contributed by atoms with van der Waals surface area (Å²) in [7, 11) is 0. The first-order valence-corrected chi connectivity index (χ1v) is 7.12. The lowest BCUT2D eigenvalue weighted by molar-refractivity contribution is -0.0504. The number of halogens is 1. The minimum atomic E-state index is -2.43. The maximum Gasteiger partial charge on any atom is 0.243 e. The molecule has 4 atom stereocenters. The Morgan fingerprint density at radius 2 is 2.39 bits per heavy atom. The number of nitrogens with zero attached hydrogens (tertiary/aromatic N) is 3. The van der Waals surface area contributed by atoms with Crippen LogP contribution in [0.2, 0.25) is 0 Å². The molecule has 0 aromatic carbocycles. The zero-order valence-electron chi connectivity index (χ0n) is 12.0. The maximum absolute atomic E-state index is 15.3. The molecule has 8 nitrogen and oxygen atoms in total. The van der Waals surface area contributed by atoms with Gasteiger partial charge in [0.05, 0.1) is 12.9 Å². The quantitative estimate of drug-likeness (QED) is 0.450. The van der Waals surface area contributed by atoms with Crippen molar-refractivity contribution in [2.75, 3.05) is 12.3 Å². The Hall–Kier alpha value is -2.06. The van der Waals surface area contributed by atoms with Crippen LogP contribution in [0.25, 0.3) is 11.2 Å². The monoisotopic (exact) mass is 339 g/mol. The second-order valence-corrected chi connectivity index (χ2v) is 5.46. The van der Waals surface area contributed by atoms with E-state index in [-0.39, 0.29) is 10.6 Å². The van der Waals surface area contributed by atoms with Crippen LogP contribution in [0.5, 0.6) is 0 Å². The minimum absolute atomic E-state index is 0.0348. The molecule has 0 spiro atoms. The van der Waals surface area contributed by atoms with E-state index < -0.39 is 30.7 Å². The van der Waals surface area contributed by atoms with Gasteiger partial charge in [-0.15, -0.1) is 5.92 Å². The Bertz CT molecular complexity index is 872. The van der Waals surface area contributed by atoms with Gasteiger partial charge in [-0.05, 0) is 6.92 Å². The molecule has 23 heavy (non-hydrogen) atoms. The lowest BCUT2D eigenvalue weighted by Crippen LogP contribution is -2.42. The molecule has 0 aliphatic carbocycles. The van der Waals surface area contributed by atoms with Crippen molar-refractivity contribution in [3.05, 3.63) is 11.0 Å². The molecule has 1 fully saturated rings. The zero-order valence-corrected chi connectivity index (χ0v) is 12.8. The normalized spacial score (nSPS) is 30.3. The van der Waals surface area contributed by atoms with Crippen LogP contribution in [0.15, 0.2) is 6.33 Å². The largest absolute Gasteiger partial charge is 0.394 e. The Balaban J connectivity index is 2.20. The molecule has 122 valence electrons. The molecule has 1 aliphatic heterocycles. The van der Waals surface area contributed by atoms with Crippen LogP contribution >= 0.6 is 12.2 Å². The molecule has 10 heteroatoms. The van der Waals surface area contributed by atoms with E-state index in [0.717, 1.165) is 0 Å². The first-order chi connectivity index (χ1) is 10.9. The average molecular weight is 339 g/mol. The Labute approximate surface area is 135 Å². The summed E-state index contributed by atoms with van der Waals surface area (Å²) in [5.74, 6) is 4.80. The van der Waals surface area contributed by atoms with Gasteiger partial charge >= 0.3 is 0 Å². The number of aliphatic hydroxyl groups excluding tert-OH is 2. The molecule has 1 saturated heterocycles. The summed E-state index contributed by atoms with van der Waals surface area (Å²) in [5, 5.41) is 19.4. The number of anilines is 1. The number of nitrogens with two attached hydrogens (primary N) is 1. The number of H-pyrrole nitrogens is 1. The molecule has 0 amide bonds. The van der Waals surface area contributed by atoms with Gasteiger partial charge in [-0.2, -0.15) is 0 Å². The van der Waals surface area contributed by atoms with Gasteiger partial charge in [0, 0.05) is 0 Å². The van der Waals surface area contributed by atoms with Crippen molar-refractivity contribution in [3.63, 3.8) is 0 Å². The highest BCUT2D eigenvalue weighted by Crippen LogP contribution is 2.42. The number of aliphatic hydroxyl groups is 2. The molecule has 1 aliphatic rings. The third-order valence-corrected chi connectivity index (χ3v) is 3.94. The van der Waals surface area contributed by atoms with Crippen LogP contribution in [0.4, 0.5) is 10.3 Å². The number of fused-ring (bicyclic) bond motifs is 1. The van der Waals surface area contributed by atoms with E-state index in [9.17, 15) is 10.2 Å². The van der Waals surface area contributed by atoms with Gasteiger partial charge in [0.15, 0.2) is 16.8 Å². The number of nitrogens with one attached hydrogen (secondary N) is 1. The molecular weight excluding hydrogens is 325 g/mol. The fourth-order valence-electron chi connectivity index (χ4n) is 2.62. The predicted octanol–water partition coefficient (Wildman–Crippen LogP) is 0.0533. The third-order valence-electron chi connectivity index (χ3n) is 3.66. The van der Waals surface area contributed by atoms with Crippen LogP contribution in [0.1, 0.15) is 13.2 Å². The number of imidazole rings is 1. The Morgan fingerprint density at radius 1 is 1.65 bits per heavy atom. The van der Waals surface area contributed by atoms with E-state index in [1.54, 1.807) is 0 Å². The van der Waals surface area contributed by atoms with Gasteiger partial charge in [-0.3, -0.25) is 4.57 Å². The fourth-order valence-corrected chi connectivity index (χ4v) is 2.87. The van der Waals surface area contributed by atoms with Crippen molar-refractivity contribution in [1.82, 2.24) is 19.5 Å². The van der Waals surface area contributed by atoms with Crippen molar-refractivity contribution < 1.29 is 19.3 Å². The molecule has 2 aromatic heterocycles.